The Labute approximate surface area is 607 Å². The van der Waals surface area contributed by atoms with E-state index in [1.165, 1.54) is 225 Å². The number of unbranched alkanes of at least 4 members (excludes halogenated alkanes) is 45. The van der Waals surface area contributed by atoms with Crippen LogP contribution in [0.3, 0.4) is 0 Å². The summed E-state index contributed by atoms with van der Waals surface area (Å²) in [4.78, 5) is 73.0. The van der Waals surface area contributed by atoms with Gasteiger partial charge in [0.2, 0.25) is 0 Å². The molecule has 0 amide bonds. The fourth-order valence-electron chi connectivity index (χ4n) is 12.3. The summed E-state index contributed by atoms with van der Waals surface area (Å²) < 4.78 is 68.7. The number of rotatable bonds is 78. The first-order chi connectivity index (χ1) is 47.8. The summed E-state index contributed by atoms with van der Waals surface area (Å²) in [5, 5.41) is 10.6. The SMILES string of the molecule is CCCCCCCCCCCCCCCCCCCCC(=O)OC[C@H](COP(=O)(O)OC[C@@H](O)COP(=O)(O)OC[C@@H](COC(=O)CCCCCCCCCCC(C)C)OC(=O)CCCCCCCCCCCC(C)C)OC(=O)CCCCCCCCCCCCCCCCC(C)CC. The van der Waals surface area contributed by atoms with Crippen LogP contribution in [0.5, 0.6) is 0 Å². The zero-order valence-corrected chi connectivity index (χ0v) is 66.8. The summed E-state index contributed by atoms with van der Waals surface area (Å²) in [6.07, 6.45) is 58.3. The van der Waals surface area contributed by atoms with Gasteiger partial charge in [0.15, 0.2) is 12.2 Å². The highest BCUT2D eigenvalue weighted by Gasteiger charge is 2.30. The number of phosphoric acid groups is 2. The molecule has 0 saturated heterocycles. The van der Waals surface area contributed by atoms with Crippen molar-refractivity contribution in [1.29, 1.82) is 0 Å². The molecule has 0 rings (SSSR count). The lowest BCUT2D eigenvalue weighted by Crippen LogP contribution is -2.30. The smallest absolute Gasteiger partial charge is 0.462 e. The van der Waals surface area contributed by atoms with Crippen LogP contribution in [-0.2, 0) is 65.4 Å². The van der Waals surface area contributed by atoms with Crippen molar-refractivity contribution in [3.05, 3.63) is 0 Å². The van der Waals surface area contributed by atoms with E-state index in [9.17, 15) is 43.2 Å². The first-order valence-corrected chi connectivity index (χ1v) is 44.4. The average molecular weight is 1450 g/mol. The quantitative estimate of drug-likeness (QED) is 0.0222. The second kappa shape index (κ2) is 70.4. The van der Waals surface area contributed by atoms with Gasteiger partial charge >= 0.3 is 39.5 Å². The monoisotopic (exact) mass is 1450 g/mol. The van der Waals surface area contributed by atoms with Gasteiger partial charge in [0, 0.05) is 25.7 Å². The molecule has 588 valence electrons. The van der Waals surface area contributed by atoms with Gasteiger partial charge in [0.25, 0.3) is 0 Å². The Balaban J connectivity index is 5.24. The molecular weight excluding hydrogens is 1290 g/mol. The molecule has 0 saturated carbocycles. The topological polar surface area (TPSA) is 237 Å². The fraction of sp³-hybridized carbons (Fsp3) is 0.950. The van der Waals surface area contributed by atoms with Crippen molar-refractivity contribution in [3.8, 4) is 0 Å². The number of carbonyl (C=O) groups is 4. The van der Waals surface area contributed by atoms with Gasteiger partial charge in [0.05, 0.1) is 26.4 Å². The van der Waals surface area contributed by atoms with Crippen molar-refractivity contribution in [2.24, 2.45) is 17.8 Å². The lowest BCUT2D eigenvalue weighted by molar-refractivity contribution is -0.161. The summed E-state index contributed by atoms with van der Waals surface area (Å²) in [5.41, 5.74) is 0. The molecule has 0 aliphatic carbocycles. The van der Waals surface area contributed by atoms with Crippen LogP contribution in [0, 0.1) is 17.8 Å². The van der Waals surface area contributed by atoms with Crippen LogP contribution < -0.4 is 0 Å². The van der Waals surface area contributed by atoms with Crippen LogP contribution in [0.4, 0.5) is 0 Å². The first-order valence-electron chi connectivity index (χ1n) is 41.4. The Morgan fingerprint density at radius 1 is 0.293 bits per heavy atom. The van der Waals surface area contributed by atoms with Gasteiger partial charge in [-0.2, -0.15) is 0 Å². The second-order valence-electron chi connectivity index (χ2n) is 30.0. The molecule has 0 bridgehead atoms. The molecule has 17 nitrogen and oxygen atoms in total. The van der Waals surface area contributed by atoms with E-state index < -0.39 is 97.5 Å². The number of esters is 4. The van der Waals surface area contributed by atoms with E-state index in [0.717, 1.165) is 108 Å². The van der Waals surface area contributed by atoms with E-state index in [1.54, 1.807) is 0 Å². The lowest BCUT2D eigenvalue weighted by atomic mass is 9.99. The summed E-state index contributed by atoms with van der Waals surface area (Å²) in [7, 11) is -9.92. The van der Waals surface area contributed by atoms with Crippen molar-refractivity contribution in [2.75, 3.05) is 39.6 Å². The van der Waals surface area contributed by atoms with Gasteiger partial charge in [-0.3, -0.25) is 37.3 Å². The van der Waals surface area contributed by atoms with Gasteiger partial charge < -0.3 is 33.8 Å². The predicted molar refractivity (Wildman–Crippen MR) is 405 cm³/mol. The highest BCUT2D eigenvalue weighted by molar-refractivity contribution is 7.47. The minimum atomic E-state index is -4.96. The Morgan fingerprint density at radius 2 is 0.515 bits per heavy atom. The van der Waals surface area contributed by atoms with Crippen LogP contribution in [0.1, 0.15) is 414 Å². The maximum Gasteiger partial charge on any atom is 0.472 e. The van der Waals surface area contributed by atoms with Crippen LogP contribution in [-0.4, -0.2) is 96.7 Å². The molecule has 99 heavy (non-hydrogen) atoms. The van der Waals surface area contributed by atoms with Gasteiger partial charge in [-0.05, 0) is 43.4 Å². The van der Waals surface area contributed by atoms with Crippen molar-refractivity contribution in [3.63, 3.8) is 0 Å². The third-order valence-electron chi connectivity index (χ3n) is 19.0. The van der Waals surface area contributed by atoms with E-state index in [-0.39, 0.29) is 25.7 Å². The molecule has 0 radical (unpaired) electrons. The van der Waals surface area contributed by atoms with Gasteiger partial charge in [0.1, 0.15) is 19.3 Å². The van der Waals surface area contributed by atoms with Crippen LogP contribution in [0.25, 0.3) is 0 Å². The maximum absolute atomic E-state index is 13.1. The maximum atomic E-state index is 13.1. The zero-order valence-electron chi connectivity index (χ0n) is 65.0. The van der Waals surface area contributed by atoms with E-state index in [4.69, 9.17) is 37.0 Å². The lowest BCUT2D eigenvalue weighted by Gasteiger charge is -2.21. The largest absolute Gasteiger partial charge is 0.472 e. The molecule has 6 atom stereocenters. The summed E-state index contributed by atoms with van der Waals surface area (Å²) >= 11 is 0. The minimum absolute atomic E-state index is 0.105. The molecule has 3 N–H and O–H groups in total. The van der Waals surface area contributed by atoms with Crippen molar-refractivity contribution < 1.29 is 80.2 Å². The fourth-order valence-corrected chi connectivity index (χ4v) is 13.9. The Hall–Kier alpha value is -1.94. The number of aliphatic hydroxyl groups excluding tert-OH is 1. The third kappa shape index (κ3) is 72.8. The molecule has 19 heteroatoms. The number of phosphoric ester groups is 2. The van der Waals surface area contributed by atoms with Gasteiger partial charge in [-0.25, -0.2) is 9.13 Å². The number of ether oxygens (including phenoxy) is 4. The standard InChI is InChI=1S/C80H156O17P2/c1-8-10-11-12-13-14-15-16-17-18-19-20-24-27-32-40-47-54-61-77(82)90-67-75(96-79(84)63-56-49-42-33-28-25-22-21-23-26-31-39-46-53-60-73(7)9-2)69-94-98(86,87)92-65-74(81)66-93-99(88,89)95-70-76(68-91-78(83)62-55-48-41-36-35-38-45-52-59-72(5)6)97-80(85)64-57-50-43-34-29-30-37-44-51-58-71(3)4/h71-76,81H,8-70H2,1-7H3,(H,86,87)(H,88,89)/t73?,74-,75-,76-/m1/s1. The Bertz CT molecular complexity index is 1920. The van der Waals surface area contributed by atoms with E-state index in [1.807, 2.05) is 0 Å². The zero-order chi connectivity index (χ0) is 73.0. The molecule has 0 aromatic heterocycles. The highest BCUT2D eigenvalue weighted by Crippen LogP contribution is 2.45. The molecule has 0 spiro atoms. The second-order valence-corrected chi connectivity index (χ2v) is 32.9. The molecule has 3 unspecified atom stereocenters. The van der Waals surface area contributed by atoms with E-state index in [2.05, 4.69) is 48.5 Å². The molecule has 0 fully saturated rings. The summed E-state index contributed by atoms with van der Waals surface area (Å²) in [6.45, 7) is 11.9. The van der Waals surface area contributed by atoms with Gasteiger partial charge in [-0.15, -0.1) is 0 Å². The third-order valence-corrected chi connectivity index (χ3v) is 20.9. The van der Waals surface area contributed by atoms with Crippen LogP contribution in [0.2, 0.25) is 0 Å². The average Bonchev–Trinajstić information content (AvgIpc) is 1.11. The van der Waals surface area contributed by atoms with Crippen molar-refractivity contribution in [2.45, 2.75) is 433 Å². The van der Waals surface area contributed by atoms with Crippen LogP contribution in [0.15, 0.2) is 0 Å². The number of aliphatic hydroxyl groups is 1. The first kappa shape index (κ1) is 97.1. The van der Waals surface area contributed by atoms with E-state index in [0.29, 0.717) is 25.7 Å². The Morgan fingerprint density at radius 3 is 0.768 bits per heavy atom. The number of carbonyl (C=O) groups excluding carboxylic acids is 4. The molecule has 0 aromatic carbocycles. The predicted octanol–water partition coefficient (Wildman–Crippen LogP) is 23.7. The van der Waals surface area contributed by atoms with E-state index >= 15 is 0 Å². The van der Waals surface area contributed by atoms with Crippen molar-refractivity contribution >= 4 is 39.5 Å². The molecule has 0 aromatic rings. The van der Waals surface area contributed by atoms with Crippen molar-refractivity contribution in [1.82, 2.24) is 0 Å². The minimum Gasteiger partial charge on any atom is -0.462 e. The normalized spacial score (nSPS) is 14.3. The molecule has 0 heterocycles. The Kier molecular flexibility index (Phi) is 69.0. The number of hydrogen-bond donors (Lipinski definition) is 3. The summed E-state index contributed by atoms with van der Waals surface area (Å²) in [5.74, 6) is 0.195. The van der Waals surface area contributed by atoms with Gasteiger partial charge in [-0.1, -0.05) is 363 Å². The highest BCUT2D eigenvalue weighted by atomic mass is 31.2. The molecule has 0 aliphatic heterocycles. The number of hydrogen-bond acceptors (Lipinski definition) is 15. The summed E-state index contributed by atoms with van der Waals surface area (Å²) in [6, 6.07) is 0. The molecular formula is C80H156O17P2. The molecule has 0 aliphatic rings. The van der Waals surface area contributed by atoms with Crippen LogP contribution >= 0.6 is 15.6 Å².